The summed E-state index contributed by atoms with van der Waals surface area (Å²) in [6, 6.07) is 7.10. The molecular weight excluding hydrogens is 292 g/mol. The highest BCUT2D eigenvalue weighted by molar-refractivity contribution is 7.98. The van der Waals surface area contributed by atoms with Gasteiger partial charge in [0.1, 0.15) is 10.8 Å². The highest BCUT2D eigenvalue weighted by Crippen LogP contribution is 2.25. The van der Waals surface area contributed by atoms with Crippen LogP contribution in [0, 0.1) is 0 Å². The molecule has 0 atom stereocenters. The van der Waals surface area contributed by atoms with Gasteiger partial charge in [-0.3, -0.25) is 4.79 Å². The van der Waals surface area contributed by atoms with Gasteiger partial charge < -0.3 is 10.0 Å². The number of amides is 1. The lowest BCUT2D eigenvalue weighted by Crippen LogP contribution is -2.23. The molecule has 2 rings (SSSR count). The second-order valence-electron chi connectivity index (χ2n) is 4.48. The molecule has 0 fully saturated rings. The highest BCUT2D eigenvalue weighted by Gasteiger charge is 2.09. The van der Waals surface area contributed by atoms with E-state index in [2.05, 4.69) is 4.98 Å². The molecule has 0 aliphatic rings. The number of thioether (sulfide) groups is 1. The Bertz CT molecular complexity index is 579. The molecule has 0 saturated carbocycles. The number of rotatable bonds is 5. The Morgan fingerprint density at radius 2 is 2.05 bits per heavy atom. The van der Waals surface area contributed by atoms with E-state index >= 15 is 0 Å². The number of carbonyl (C=O) groups is 1. The number of hydrogen-bond donors (Lipinski definition) is 1. The molecule has 0 saturated heterocycles. The molecule has 4 nitrogen and oxygen atoms in total. The Balaban J connectivity index is 1.89. The van der Waals surface area contributed by atoms with Crippen LogP contribution in [0.1, 0.15) is 10.7 Å². The number of aromatic nitrogens is 1. The fourth-order valence-electron chi connectivity index (χ4n) is 1.48. The Hall–Kier alpha value is -1.53. The first kappa shape index (κ1) is 14.9. The van der Waals surface area contributed by atoms with Gasteiger partial charge in [-0.1, -0.05) is 0 Å². The van der Waals surface area contributed by atoms with Crippen molar-refractivity contribution in [1.82, 2.24) is 9.88 Å². The van der Waals surface area contributed by atoms with Crippen LogP contribution in [0.3, 0.4) is 0 Å². The second-order valence-corrected chi connectivity index (χ2v) is 6.47. The van der Waals surface area contributed by atoms with Crippen molar-refractivity contribution in [3.8, 4) is 5.75 Å². The molecule has 0 aliphatic carbocycles. The van der Waals surface area contributed by atoms with E-state index < -0.39 is 0 Å². The molecule has 20 heavy (non-hydrogen) atoms. The summed E-state index contributed by atoms with van der Waals surface area (Å²) in [4.78, 5) is 18.7. The Kier molecular flexibility index (Phi) is 5.03. The molecule has 0 spiro atoms. The number of hydrogen-bond acceptors (Lipinski definition) is 5. The van der Waals surface area contributed by atoms with Crippen LogP contribution < -0.4 is 0 Å². The van der Waals surface area contributed by atoms with Crippen molar-refractivity contribution in [2.75, 3.05) is 14.1 Å². The number of thiazole rings is 1. The summed E-state index contributed by atoms with van der Waals surface area (Å²) in [7, 11) is 3.50. The van der Waals surface area contributed by atoms with E-state index in [9.17, 15) is 9.90 Å². The summed E-state index contributed by atoms with van der Waals surface area (Å²) in [6.45, 7) is 0. The number of phenolic OH excluding ortho intramolecular Hbond substituents is 1. The standard InChI is InChI=1S/C14H16N2O2S2/c1-16(2)14(18)7-13-15-10(9-20-13)8-19-12-5-3-11(17)4-6-12/h3-6,9,17H,7-8H2,1-2H3. The average molecular weight is 308 g/mol. The first-order valence-electron chi connectivity index (χ1n) is 6.10. The van der Waals surface area contributed by atoms with Gasteiger partial charge in [0.25, 0.3) is 0 Å². The highest BCUT2D eigenvalue weighted by atomic mass is 32.2. The Morgan fingerprint density at radius 3 is 2.70 bits per heavy atom. The SMILES string of the molecule is CN(C)C(=O)Cc1nc(CSc2ccc(O)cc2)cs1. The maximum Gasteiger partial charge on any atom is 0.228 e. The van der Waals surface area contributed by atoms with Crippen LogP contribution in [-0.4, -0.2) is 35.0 Å². The second kappa shape index (κ2) is 6.76. The number of carbonyl (C=O) groups excluding carboxylic acids is 1. The van der Waals surface area contributed by atoms with Crippen LogP contribution >= 0.6 is 23.1 Å². The Morgan fingerprint density at radius 1 is 1.35 bits per heavy atom. The van der Waals surface area contributed by atoms with E-state index in [0.29, 0.717) is 6.42 Å². The minimum Gasteiger partial charge on any atom is -0.508 e. The molecule has 1 aromatic carbocycles. The number of likely N-dealkylation sites (N-methyl/N-ethyl adjacent to an activating group) is 1. The lowest BCUT2D eigenvalue weighted by molar-refractivity contribution is -0.127. The van der Waals surface area contributed by atoms with Gasteiger partial charge >= 0.3 is 0 Å². The van der Waals surface area contributed by atoms with E-state index in [1.54, 1.807) is 42.9 Å². The summed E-state index contributed by atoms with van der Waals surface area (Å²) in [5.74, 6) is 1.10. The molecule has 0 bridgehead atoms. The van der Waals surface area contributed by atoms with E-state index in [4.69, 9.17) is 0 Å². The van der Waals surface area contributed by atoms with Gasteiger partial charge in [0, 0.05) is 30.1 Å². The summed E-state index contributed by atoms with van der Waals surface area (Å²) in [6.07, 6.45) is 0.363. The maximum absolute atomic E-state index is 11.6. The monoisotopic (exact) mass is 308 g/mol. The van der Waals surface area contributed by atoms with Gasteiger partial charge in [0.15, 0.2) is 0 Å². The molecule has 0 radical (unpaired) electrons. The van der Waals surface area contributed by atoms with Crippen LogP contribution in [0.15, 0.2) is 34.5 Å². The van der Waals surface area contributed by atoms with Crippen LogP contribution in [0.25, 0.3) is 0 Å². The number of nitrogens with zero attached hydrogens (tertiary/aromatic N) is 2. The molecule has 0 unspecified atom stereocenters. The third-order valence-electron chi connectivity index (χ3n) is 2.62. The zero-order chi connectivity index (χ0) is 14.5. The molecule has 106 valence electrons. The summed E-state index contributed by atoms with van der Waals surface area (Å²) < 4.78 is 0. The van der Waals surface area contributed by atoms with Crippen molar-refractivity contribution in [3.05, 3.63) is 40.3 Å². The fraction of sp³-hybridized carbons (Fsp3) is 0.286. The van der Waals surface area contributed by atoms with E-state index in [1.807, 2.05) is 17.5 Å². The van der Waals surface area contributed by atoms with E-state index in [0.717, 1.165) is 21.3 Å². The normalized spacial score (nSPS) is 10.5. The molecule has 2 aromatic rings. The lowest BCUT2D eigenvalue weighted by atomic mass is 10.3. The van der Waals surface area contributed by atoms with Crippen molar-refractivity contribution in [2.24, 2.45) is 0 Å². The lowest BCUT2D eigenvalue weighted by Gasteiger charge is -2.07. The summed E-state index contributed by atoms with van der Waals surface area (Å²) >= 11 is 3.18. The number of aromatic hydroxyl groups is 1. The maximum atomic E-state index is 11.6. The topological polar surface area (TPSA) is 53.4 Å². The molecular formula is C14H16N2O2S2. The van der Waals surface area contributed by atoms with E-state index in [-0.39, 0.29) is 11.7 Å². The summed E-state index contributed by atoms with van der Waals surface area (Å²) in [5.41, 5.74) is 0.981. The van der Waals surface area contributed by atoms with Crippen molar-refractivity contribution in [2.45, 2.75) is 17.1 Å². The molecule has 1 N–H and O–H groups in total. The van der Waals surface area contributed by atoms with Crippen LogP contribution in [-0.2, 0) is 17.0 Å². The van der Waals surface area contributed by atoms with Crippen LogP contribution in [0.4, 0.5) is 0 Å². The third kappa shape index (κ3) is 4.25. The zero-order valence-corrected chi connectivity index (χ0v) is 13.0. The molecule has 1 heterocycles. The van der Waals surface area contributed by atoms with Crippen LogP contribution in [0.5, 0.6) is 5.75 Å². The van der Waals surface area contributed by atoms with Crippen molar-refractivity contribution < 1.29 is 9.90 Å². The average Bonchev–Trinajstić information content (AvgIpc) is 2.85. The van der Waals surface area contributed by atoms with Gasteiger partial charge in [0.05, 0.1) is 12.1 Å². The van der Waals surface area contributed by atoms with Gasteiger partial charge in [0.2, 0.25) is 5.91 Å². The predicted molar refractivity (Wildman–Crippen MR) is 82.2 cm³/mol. The molecule has 0 aliphatic heterocycles. The minimum absolute atomic E-state index is 0.0667. The number of benzene rings is 1. The first-order chi connectivity index (χ1) is 9.54. The fourth-order valence-corrected chi connectivity index (χ4v) is 3.16. The largest absolute Gasteiger partial charge is 0.508 e. The Labute approximate surface area is 126 Å². The van der Waals surface area contributed by atoms with Gasteiger partial charge in [-0.25, -0.2) is 4.98 Å². The van der Waals surface area contributed by atoms with Crippen molar-refractivity contribution >= 4 is 29.0 Å². The van der Waals surface area contributed by atoms with Crippen molar-refractivity contribution in [3.63, 3.8) is 0 Å². The summed E-state index contributed by atoms with van der Waals surface area (Å²) in [5, 5.41) is 12.1. The van der Waals surface area contributed by atoms with Crippen LogP contribution in [0.2, 0.25) is 0 Å². The van der Waals surface area contributed by atoms with Gasteiger partial charge in [-0.15, -0.1) is 23.1 Å². The predicted octanol–water partition coefficient (Wildman–Crippen LogP) is 2.77. The van der Waals surface area contributed by atoms with Crippen molar-refractivity contribution in [1.29, 1.82) is 0 Å². The molecule has 1 amide bonds. The van der Waals surface area contributed by atoms with Gasteiger partial charge in [-0.05, 0) is 24.3 Å². The zero-order valence-electron chi connectivity index (χ0n) is 11.4. The molecule has 6 heteroatoms. The van der Waals surface area contributed by atoms with Gasteiger partial charge in [-0.2, -0.15) is 0 Å². The minimum atomic E-state index is 0.0667. The number of phenols is 1. The van der Waals surface area contributed by atoms with E-state index in [1.165, 1.54) is 11.3 Å². The third-order valence-corrected chi connectivity index (χ3v) is 4.57. The first-order valence-corrected chi connectivity index (χ1v) is 7.96. The molecule has 1 aromatic heterocycles. The smallest absolute Gasteiger partial charge is 0.228 e. The quantitative estimate of drug-likeness (QED) is 0.863.